The monoisotopic (exact) mass is 346 g/mol. The molecule has 1 rings (SSSR count). The molecule has 0 spiro atoms. The first-order valence-corrected chi connectivity index (χ1v) is 7.50. The van der Waals surface area contributed by atoms with E-state index >= 15 is 0 Å². The van der Waals surface area contributed by atoms with Crippen molar-refractivity contribution in [2.24, 2.45) is 11.8 Å². The van der Waals surface area contributed by atoms with Gasteiger partial charge in [0.15, 0.2) is 0 Å². The third-order valence-electron chi connectivity index (χ3n) is 3.64. The molecule has 1 nitrogen and oxygen atoms in total. The average Bonchev–Trinajstić information content (AvgIpc) is 2.27. The Labute approximate surface area is 110 Å². The van der Waals surface area contributed by atoms with Gasteiger partial charge >= 0.3 is 0 Å². The summed E-state index contributed by atoms with van der Waals surface area (Å²) in [7, 11) is 0. The van der Waals surface area contributed by atoms with Crippen LogP contribution in [0, 0.1) is 11.8 Å². The Kier molecular flexibility index (Phi) is 5.91. The molecule has 0 aromatic rings. The van der Waals surface area contributed by atoms with Crippen molar-refractivity contribution in [2.45, 2.75) is 51.6 Å². The van der Waals surface area contributed by atoms with E-state index in [0.29, 0.717) is 5.92 Å². The summed E-state index contributed by atoms with van der Waals surface area (Å²) < 4.78 is 30.6. The molecule has 0 radical (unpaired) electrons. The van der Waals surface area contributed by atoms with Crippen molar-refractivity contribution in [3.8, 4) is 0 Å². The average molecular weight is 346 g/mol. The minimum absolute atomic E-state index is 0.275. The molecule has 0 atom stereocenters. The molecule has 1 aliphatic rings. The van der Waals surface area contributed by atoms with E-state index in [2.05, 4.69) is 36.4 Å². The summed E-state index contributed by atoms with van der Waals surface area (Å²) in [5.74, 6) is 1.44. The van der Waals surface area contributed by atoms with Crippen LogP contribution in [0.3, 0.4) is 0 Å². The molecule has 0 heterocycles. The molecule has 4 heteroatoms. The highest BCUT2D eigenvalue weighted by molar-refractivity contribution is 14.1. The number of hydrogen-bond acceptors (Lipinski definition) is 1. The molecule has 0 aliphatic heterocycles. The van der Waals surface area contributed by atoms with Gasteiger partial charge in [0, 0.05) is 4.43 Å². The van der Waals surface area contributed by atoms with Crippen LogP contribution in [-0.2, 0) is 4.74 Å². The second-order valence-electron chi connectivity index (χ2n) is 5.10. The zero-order chi connectivity index (χ0) is 12.2. The van der Waals surface area contributed by atoms with Crippen molar-refractivity contribution in [2.75, 3.05) is 11.0 Å². The van der Waals surface area contributed by atoms with Crippen LogP contribution in [0.5, 0.6) is 0 Å². The fourth-order valence-electron chi connectivity index (χ4n) is 2.39. The van der Waals surface area contributed by atoms with Gasteiger partial charge < -0.3 is 4.74 Å². The van der Waals surface area contributed by atoms with Gasteiger partial charge in [0.1, 0.15) is 6.61 Å². The zero-order valence-electron chi connectivity index (χ0n) is 10.0. The molecule has 0 unspecified atom stereocenters. The quantitative estimate of drug-likeness (QED) is 0.533. The normalized spacial score (nSPS) is 31.3. The minimum atomic E-state index is -2.34. The van der Waals surface area contributed by atoms with Crippen molar-refractivity contribution in [1.82, 2.24) is 0 Å². The molecular weight excluding hydrogens is 325 g/mol. The molecule has 16 heavy (non-hydrogen) atoms. The Morgan fingerprint density at radius 2 is 1.88 bits per heavy atom. The predicted molar refractivity (Wildman–Crippen MR) is 70.4 cm³/mol. The maximum Gasteiger partial charge on any atom is 0.261 e. The largest absolute Gasteiger partial charge is 0.368 e. The van der Waals surface area contributed by atoms with Crippen molar-refractivity contribution in [1.29, 1.82) is 0 Å². The number of rotatable bonds is 5. The number of halogens is 3. The van der Waals surface area contributed by atoms with Crippen LogP contribution in [0.4, 0.5) is 8.78 Å². The maximum atomic E-state index is 12.2. The number of ether oxygens (including phenoxy) is 1. The molecule has 0 bridgehead atoms. The van der Waals surface area contributed by atoms with Gasteiger partial charge in [-0.25, -0.2) is 8.78 Å². The maximum absolute atomic E-state index is 12.2. The standard InChI is InChI=1S/C12H21F2IO/c1-9(2)10-3-5-12(8-15,6-4-10)16-7-11(13)14/h9-11H,3-8H2,1-2H3. The third-order valence-corrected chi connectivity index (χ3v) is 5.03. The van der Waals surface area contributed by atoms with Gasteiger partial charge in [-0.05, 0) is 37.5 Å². The molecule has 96 valence electrons. The lowest BCUT2D eigenvalue weighted by Gasteiger charge is -2.40. The molecule has 1 aliphatic carbocycles. The minimum Gasteiger partial charge on any atom is -0.368 e. The predicted octanol–water partition coefficient (Wildman–Crippen LogP) is 4.29. The lowest BCUT2D eigenvalue weighted by molar-refractivity contribution is -0.0992. The Balaban J connectivity index is 2.45. The highest BCUT2D eigenvalue weighted by atomic mass is 127. The van der Waals surface area contributed by atoms with E-state index < -0.39 is 13.0 Å². The first kappa shape index (κ1) is 14.6. The van der Waals surface area contributed by atoms with E-state index in [1.807, 2.05) is 0 Å². The van der Waals surface area contributed by atoms with Crippen LogP contribution >= 0.6 is 22.6 Å². The van der Waals surface area contributed by atoms with Crippen molar-refractivity contribution in [3.05, 3.63) is 0 Å². The summed E-state index contributed by atoms with van der Waals surface area (Å²) in [6.07, 6.45) is 1.76. The van der Waals surface area contributed by atoms with Crippen molar-refractivity contribution >= 4 is 22.6 Å². The van der Waals surface area contributed by atoms with Crippen LogP contribution in [0.1, 0.15) is 39.5 Å². The number of alkyl halides is 3. The topological polar surface area (TPSA) is 9.23 Å². The SMILES string of the molecule is CC(C)C1CCC(CI)(OCC(F)F)CC1. The summed E-state index contributed by atoms with van der Waals surface area (Å²) in [6.45, 7) is 4.07. The summed E-state index contributed by atoms with van der Waals surface area (Å²) in [6, 6.07) is 0. The summed E-state index contributed by atoms with van der Waals surface area (Å²) in [5.41, 5.74) is -0.275. The molecule has 0 aromatic carbocycles. The molecule has 0 aromatic heterocycles. The second-order valence-corrected chi connectivity index (χ2v) is 5.86. The van der Waals surface area contributed by atoms with Gasteiger partial charge in [-0.1, -0.05) is 36.4 Å². The first-order valence-electron chi connectivity index (χ1n) is 5.97. The van der Waals surface area contributed by atoms with E-state index in [-0.39, 0.29) is 5.60 Å². The van der Waals surface area contributed by atoms with Crippen molar-refractivity contribution in [3.63, 3.8) is 0 Å². The van der Waals surface area contributed by atoms with E-state index in [9.17, 15) is 8.78 Å². The Bertz CT molecular complexity index is 201. The number of hydrogen-bond donors (Lipinski definition) is 0. The summed E-state index contributed by atoms with van der Waals surface area (Å²) in [4.78, 5) is 0. The van der Waals surface area contributed by atoms with E-state index in [4.69, 9.17) is 4.74 Å². The molecule has 1 saturated carbocycles. The van der Waals surface area contributed by atoms with Crippen LogP contribution in [0.25, 0.3) is 0 Å². The lowest BCUT2D eigenvalue weighted by atomic mass is 9.75. The van der Waals surface area contributed by atoms with Crippen LogP contribution in [-0.4, -0.2) is 23.1 Å². The van der Waals surface area contributed by atoms with E-state index in [1.165, 1.54) is 0 Å². The van der Waals surface area contributed by atoms with E-state index in [1.54, 1.807) is 0 Å². The van der Waals surface area contributed by atoms with Gasteiger partial charge in [-0.3, -0.25) is 0 Å². The van der Waals surface area contributed by atoms with Gasteiger partial charge in [0.2, 0.25) is 0 Å². The van der Waals surface area contributed by atoms with Crippen LogP contribution < -0.4 is 0 Å². The van der Waals surface area contributed by atoms with Gasteiger partial charge in [0.25, 0.3) is 6.43 Å². The van der Waals surface area contributed by atoms with E-state index in [0.717, 1.165) is 36.0 Å². The fraction of sp³-hybridized carbons (Fsp3) is 1.00. The molecule has 0 amide bonds. The first-order chi connectivity index (χ1) is 7.49. The summed E-state index contributed by atoms with van der Waals surface area (Å²) >= 11 is 2.26. The second kappa shape index (κ2) is 6.47. The smallest absolute Gasteiger partial charge is 0.261 e. The molecule has 0 N–H and O–H groups in total. The van der Waals surface area contributed by atoms with Gasteiger partial charge in [0.05, 0.1) is 5.60 Å². The highest BCUT2D eigenvalue weighted by Crippen LogP contribution is 2.39. The highest BCUT2D eigenvalue weighted by Gasteiger charge is 2.36. The van der Waals surface area contributed by atoms with Gasteiger partial charge in [-0.2, -0.15) is 0 Å². The molecule has 0 saturated heterocycles. The Morgan fingerprint density at radius 1 is 1.31 bits per heavy atom. The Hall–Kier alpha value is 0.550. The summed E-state index contributed by atoms with van der Waals surface area (Å²) in [5, 5.41) is 0. The molecule has 1 fully saturated rings. The third kappa shape index (κ3) is 4.09. The van der Waals surface area contributed by atoms with Crippen molar-refractivity contribution < 1.29 is 13.5 Å². The Morgan fingerprint density at radius 3 is 2.25 bits per heavy atom. The fourth-order valence-corrected chi connectivity index (χ4v) is 3.37. The zero-order valence-corrected chi connectivity index (χ0v) is 12.2. The lowest BCUT2D eigenvalue weighted by Crippen LogP contribution is -2.40. The van der Waals surface area contributed by atoms with Crippen LogP contribution in [0.15, 0.2) is 0 Å². The van der Waals surface area contributed by atoms with Gasteiger partial charge in [-0.15, -0.1) is 0 Å². The van der Waals surface area contributed by atoms with Crippen LogP contribution in [0.2, 0.25) is 0 Å². The molecular formula is C12H21F2IO.